The van der Waals surface area contributed by atoms with E-state index in [1.165, 1.54) is 12.1 Å². The summed E-state index contributed by atoms with van der Waals surface area (Å²) in [6, 6.07) is 6.59. The van der Waals surface area contributed by atoms with Gasteiger partial charge in [0.05, 0.1) is 6.33 Å². The summed E-state index contributed by atoms with van der Waals surface area (Å²) in [5, 5.41) is 0. The zero-order chi connectivity index (χ0) is 13.4. The number of rotatable bonds is 4. The van der Waals surface area contributed by atoms with Gasteiger partial charge in [0, 0.05) is 24.9 Å². The molecular weight excluding hydrogens is 229 g/mol. The lowest BCUT2D eigenvalue weighted by Crippen LogP contribution is -2.09. The summed E-state index contributed by atoms with van der Waals surface area (Å²) >= 11 is 0. The maximum absolute atomic E-state index is 13.0. The quantitative estimate of drug-likeness (QED) is 0.905. The Labute approximate surface area is 107 Å². The normalized spacial score (nSPS) is 9.78. The van der Waals surface area contributed by atoms with E-state index in [4.69, 9.17) is 5.73 Å². The molecule has 0 radical (unpaired) electrons. The molecule has 0 bridgehead atoms. The summed E-state index contributed by atoms with van der Waals surface area (Å²) < 4.78 is 15.0. The van der Waals surface area contributed by atoms with Crippen molar-refractivity contribution in [2.24, 2.45) is 5.73 Å². The number of imidazole rings is 1. The first-order chi connectivity index (χ1) is 8.79. The third kappa shape index (κ3) is 3.96. The second-order valence-electron chi connectivity index (χ2n) is 3.68. The molecule has 2 rings (SSSR count). The number of hydrogen-bond acceptors (Lipinski definition) is 2. The molecule has 1 aromatic carbocycles. The minimum Gasteiger partial charge on any atom is -0.330 e. The van der Waals surface area contributed by atoms with Crippen LogP contribution in [0.3, 0.4) is 0 Å². The lowest BCUT2D eigenvalue weighted by atomic mass is 10.2. The zero-order valence-corrected chi connectivity index (χ0v) is 10.9. The molecule has 0 aliphatic rings. The molecule has 1 aromatic heterocycles. The van der Waals surface area contributed by atoms with Gasteiger partial charge in [0.25, 0.3) is 0 Å². The molecule has 0 aliphatic heterocycles. The highest BCUT2D eigenvalue weighted by atomic mass is 19.1. The van der Waals surface area contributed by atoms with Gasteiger partial charge < -0.3 is 10.3 Å². The van der Waals surface area contributed by atoms with Crippen molar-refractivity contribution in [3.63, 3.8) is 0 Å². The van der Waals surface area contributed by atoms with E-state index in [0.29, 0.717) is 13.1 Å². The van der Waals surface area contributed by atoms with Crippen LogP contribution in [-0.4, -0.2) is 16.1 Å². The predicted octanol–water partition coefficient (Wildman–Crippen LogP) is 2.60. The molecular formula is C14H20FN3. The number of nitrogens with zero attached hydrogens (tertiary/aromatic N) is 2. The summed E-state index contributed by atoms with van der Waals surface area (Å²) in [6.07, 6.45) is 4.33. The van der Waals surface area contributed by atoms with Gasteiger partial charge in [-0.15, -0.1) is 0 Å². The molecule has 0 saturated carbocycles. The van der Waals surface area contributed by atoms with Gasteiger partial charge in [0.15, 0.2) is 0 Å². The average Bonchev–Trinajstić information content (AvgIpc) is 2.80. The van der Waals surface area contributed by atoms with E-state index < -0.39 is 0 Å². The van der Waals surface area contributed by atoms with Crippen LogP contribution in [0.25, 0.3) is 0 Å². The van der Waals surface area contributed by atoms with E-state index in [1.807, 2.05) is 24.5 Å². The molecule has 0 saturated heterocycles. The third-order valence-corrected chi connectivity index (χ3v) is 2.44. The van der Waals surface area contributed by atoms with Gasteiger partial charge >= 0.3 is 0 Å². The van der Waals surface area contributed by atoms with Crippen molar-refractivity contribution in [2.75, 3.05) is 6.54 Å². The van der Waals surface area contributed by atoms with Crippen molar-refractivity contribution in [1.29, 1.82) is 0 Å². The lowest BCUT2D eigenvalue weighted by Gasteiger charge is -2.07. The molecule has 0 unspecified atom stereocenters. The van der Waals surface area contributed by atoms with E-state index in [9.17, 15) is 4.39 Å². The van der Waals surface area contributed by atoms with E-state index in [2.05, 4.69) is 4.98 Å². The minimum atomic E-state index is -0.210. The second-order valence-corrected chi connectivity index (χ2v) is 3.68. The van der Waals surface area contributed by atoms with Gasteiger partial charge in [-0.1, -0.05) is 26.0 Å². The number of benzene rings is 1. The monoisotopic (exact) mass is 249 g/mol. The van der Waals surface area contributed by atoms with Crippen LogP contribution < -0.4 is 5.73 Å². The number of hydrogen-bond donors (Lipinski definition) is 1. The van der Waals surface area contributed by atoms with Crippen LogP contribution >= 0.6 is 0 Å². The summed E-state index contributed by atoms with van der Waals surface area (Å²) in [5.41, 5.74) is 7.51. The van der Waals surface area contributed by atoms with Gasteiger partial charge in [0.2, 0.25) is 0 Å². The van der Waals surface area contributed by atoms with E-state index in [-0.39, 0.29) is 5.82 Å². The summed E-state index contributed by atoms with van der Waals surface area (Å²) in [6.45, 7) is 5.22. The molecule has 2 N–H and O–H groups in total. The van der Waals surface area contributed by atoms with Crippen molar-refractivity contribution in [1.82, 2.24) is 9.55 Å². The fourth-order valence-electron chi connectivity index (χ4n) is 1.68. The van der Waals surface area contributed by atoms with Gasteiger partial charge in [0.1, 0.15) is 5.82 Å². The first-order valence-electron chi connectivity index (χ1n) is 6.23. The van der Waals surface area contributed by atoms with Crippen molar-refractivity contribution in [2.45, 2.75) is 26.8 Å². The minimum absolute atomic E-state index is 0.210. The highest BCUT2D eigenvalue weighted by Gasteiger charge is 2.02. The number of nitrogens with two attached hydrogens (primary N) is 1. The molecule has 2 aromatic rings. The Balaban J connectivity index is 0.000000771. The highest BCUT2D eigenvalue weighted by molar-refractivity contribution is 5.17. The van der Waals surface area contributed by atoms with Crippen molar-refractivity contribution in [3.05, 3.63) is 53.9 Å². The third-order valence-electron chi connectivity index (χ3n) is 2.44. The van der Waals surface area contributed by atoms with Crippen LogP contribution in [0, 0.1) is 5.82 Å². The summed E-state index contributed by atoms with van der Waals surface area (Å²) in [5.74, 6) is -0.210. The molecule has 98 valence electrons. The molecule has 0 atom stereocenters. The number of halogens is 1. The Morgan fingerprint density at radius 1 is 1.33 bits per heavy atom. The topological polar surface area (TPSA) is 43.8 Å². The molecule has 18 heavy (non-hydrogen) atoms. The van der Waals surface area contributed by atoms with Crippen LogP contribution in [0.4, 0.5) is 4.39 Å². The van der Waals surface area contributed by atoms with Gasteiger partial charge in [-0.2, -0.15) is 0 Å². The van der Waals surface area contributed by atoms with Crippen molar-refractivity contribution < 1.29 is 4.39 Å². The first-order valence-corrected chi connectivity index (χ1v) is 6.23. The van der Waals surface area contributed by atoms with Crippen LogP contribution in [0.2, 0.25) is 0 Å². The van der Waals surface area contributed by atoms with Crippen molar-refractivity contribution in [3.8, 4) is 0 Å². The molecule has 0 fully saturated rings. The van der Waals surface area contributed by atoms with Crippen LogP contribution in [0.5, 0.6) is 0 Å². The molecule has 4 heteroatoms. The standard InChI is InChI=1S/C12H14FN3.C2H6/c13-11-3-1-2-10(6-11)8-16-9-15-7-12(16)4-5-14;1-2/h1-3,6-7,9H,4-5,8,14H2;1-2H3. The van der Waals surface area contributed by atoms with Gasteiger partial charge in [-0.3, -0.25) is 0 Å². The molecule has 0 amide bonds. The van der Waals surface area contributed by atoms with E-state index in [1.54, 1.807) is 18.6 Å². The van der Waals surface area contributed by atoms with Crippen LogP contribution in [0.1, 0.15) is 25.1 Å². The van der Waals surface area contributed by atoms with Crippen LogP contribution in [0.15, 0.2) is 36.8 Å². The Kier molecular flexibility index (Phi) is 6.08. The van der Waals surface area contributed by atoms with Crippen LogP contribution in [-0.2, 0) is 13.0 Å². The van der Waals surface area contributed by atoms with E-state index >= 15 is 0 Å². The summed E-state index contributed by atoms with van der Waals surface area (Å²) in [7, 11) is 0. The smallest absolute Gasteiger partial charge is 0.123 e. The maximum Gasteiger partial charge on any atom is 0.123 e. The molecule has 0 aliphatic carbocycles. The molecule has 3 nitrogen and oxygen atoms in total. The Morgan fingerprint density at radius 2 is 2.11 bits per heavy atom. The zero-order valence-electron chi connectivity index (χ0n) is 10.9. The lowest BCUT2D eigenvalue weighted by molar-refractivity contribution is 0.622. The second kappa shape index (κ2) is 7.61. The van der Waals surface area contributed by atoms with Crippen molar-refractivity contribution >= 4 is 0 Å². The highest BCUT2D eigenvalue weighted by Crippen LogP contribution is 2.08. The Morgan fingerprint density at radius 3 is 2.78 bits per heavy atom. The summed E-state index contributed by atoms with van der Waals surface area (Å²) in [4.78, 5) is 4.07. The Bertz CT molecular complexity index is 466. The predicted molar refractivity (Wildman–Crippen MR) is 71.8 cm³/mol. The average molecular weight is 249 g/mol. The molecule has 0 spiro atoms. The largest absolute Gasteiger partial charge is 0.330 e. The fourth-order valence-corrected chi connectivity index (χ4v) is 1.68. The number of aromatic nitrogens is 2. The maximum atomic E-state index is 13.0. The van der Waals surface area contributed by atoms with Gasteiger partial charge in [-0.05, 0) is 24.2 Å². The Hall–Kier alpha value is -1.68. The van der Waals surface area contributed by atoms with Gasteiger partial charge in [-0.25, -0.2) is 9.37 Å². The van der Waals surface area contributed by atoms with E-state index in [0.717, 1.165) is 17.7 Å². The SMILES string of the molecule is CC.NCCc1cncn1Cc1cccc(F)c1. The fraction of sp³-hybridized carbons (Fsp3) is 0.357. The molecule has 1 heterocycles. The first kappa shape index (κ1) is 14.4.